The van der Waals surface area contributed by atoms with Gasteiger partial charge in [0.15, 0.2) is 22.0 Å². The number of thiazole rings is 1. The predicted molar refractivity (Wildman–Crippen MR) is 74.0 cm³/mol. The lowest BCUT2D eigenvalue weighted by Crippen LogP contribution is -2.43. The highest BCUT2D eigenvalue weighted by atomic mass is 32.1. The molecule has 3 aromatic rings. The second-order valence-corrected chi connectivity index (χ2v) is 5.16. The van der Waals surface area contributed by atoms with Crippen LogP contribution in [0.3, 0.4) is 0 Å². The highest BCUT2D eigenvalue weighted by Crippen LogP contribution is 2.27. The highest BCUT2D eigenvalue weighted by Gasteiger charge is 2.25. The Hall–Kier alpha value is -1.88. The molecule has 3 rings (SSSR count). The van der Waals surface area contributed by atoms with E-state index in [-0.39, 0.29) is 0 Å². The molecule has 4 nitrogen and oxygen atoms in total. The smallest absolute Gasteiger partial charge is 0.232 e. The number of nitrogen functional groups attached to an aromatic ring is 1. The molecule has 0 aliphatic carbocycles. The minimum atomic E-state index is 0.621. The molecule has 0 atom stereocenters. The summed E-state index contributed by atoms with van der Waals surface area (Å²) in [5.41, 5.74) is 9.13. The lowest BCUT2D eigenvalue weighted by Gasteiger charge is -2.02. The van der Waals surface area contributed by atoms with E-state index in [9.17, 15) is 0 Å². The third kappa shape index (κ3) is 1.51. The van der Waals surface area contributed by atoms with Crippen molar-refractivity contribution in [2.24, 2.45) is 0 Å². The third-order valence-electron chi connectivity index (χ3n) is 3.09. The van der Waals surface area contributed by atoms with E-state index in [2.05, 4.69) is 40.3 Å². The average Bonchev–Trinajstić information content (AvgIpc) is 2.87. The van der Waals surface area contributed by atoms with Crippen LogP contribution in [0.1, 0.15) is 12.6 Å². The van der Waals surface area contributed by atoms with Crippen molar-refractivity contribution >= 4 is 26.8 Å². The lowest BCUT2D eigenvalue weighted by molar-refractivity contribution is -0.766. The highest BCUT2D eigenvalue weighted by molar-refractivity contribution is 7.21. The Bertz CT molecular complexity index is 697. The van der Waals surface area contributed by atoms with Crippen LogP contribution in [-0.2, 0) is 6.54 Å². The quantitative estimate of drug-likeness (QED) is 0.718. The van der Waals surface area contributed by atoms with Gasteiger partial charge in [-0.3, -0.25) is 0 Å². The molecule has 0 spiro atoms. The molecule has 0 amide bonds. The first-order valence-corrected chi connectivity index (χ1v) is 6.77. The zero-order valence-corrected chi connectivity index (χ0v) is 11.2. The number of nitrogens with zero attached hydrogens (tertiary/aromatic N) is 3. The third-order valence-corrected chi connectivity index (χ3v) is 3.95. The Labute approximate surface area is 109 Å². The first-order chi connectivity index (χ1) is 8.72. The first kappa shape index (κ1) is 11.2. The number of fused-ring (bicyclic) bond motifs is 1. The summed E-state index contributed by atoms with van der Waals surface area (Å²) in [4.78, 5) is 5.53. The summed E-state index contributed by atoms with van der Waals surface area (Å²) in [6, 6.07) is 10.3. The normalized spacial score (nSPS) is 11.2. The number of aryl methyl sites for hydroxylation is 1. The molecule has 0 radical (unpaired) electrons. The van der Waals surface area contributed by atoms with Crippen molar-refractivity contribution in [3.05, 3.63) is 36.0 Å². The minimum absolute atomic E-state index is 0.621. The number of rotatable bonds is 2. The van der Waals surface area contributed by atoms with Gasteiger partial charge in [-0.15, -0.1) is 9.36 Å². The maximum absolute atomic E-state index is 5.83. The van der Waals surface area contributed by atoms with Crippen molar-refractivity contribution in [2.75, 3.05) is 5.73 Å². The largest absolute Gasteiger partial charge is 0.375 e. The van der Waals surface area contributed by atoms with Crippen LogP contribution in [0.4, 0.5) is 5.13 Å². The summed E-state index contributed by atoms with van der Waals surface area (Å²) < 4.78 is 4.42. The number of aromatic nitrogens is 3. The molecular weight excluding hydrogens is 244 g/mol. The van der Waals surface area contributed by atoms with E-state index < -0.39 is 0 Å². The summed E-state index contributed by atoms with van der Waals surface area (Å²) in [6.07, 6.45) is 0. The molecule has 0 saturated heterocycles. The van der Waals surface area contributed by atoms with Gasteiger partial charge in [-0.2, -0.15) is 0 Å². The molecule has 0 bridgehead atoms. The van der Waals surface area contributed by atoms with Crippen molar-refractivity contribution in [1.29, 1.82) is 0 Å². The van der Waals surface area contributed by atoms with Crippen LogP contribution in [-0.4, -0.2) is 9.67 Å². The molecule has 0 unspecified atom stereocenters. The van der Waals surface area contributed by atoms with E-state index in [0.717, 1.165) is 28.3 Å². The number of benzene rings is 1. The second kappa shape index (κ2) is 4.10. The zero-order chi connectivity index (χ0) is 12.7. The first-order valence-electron chi connectivity index (χ1n) is 5.95. The standard InChI is InChI=1S/C13H15N4S/c1-3-16-9(2)11-12(18-13(14)15-11)17(16)10-7-5-4-6-8-10/h4-8H,3H2,1-2H3,(H2,14,15)/q+1. The Kier molecular flexibility index (Phi) is 2.56. The van der Waals surface area contributed by atoms with Crippen molar-refractivity contribution in [2.45, 2.75) is 20.4 Å². The van der Waals surface area contributed by atoms with E-state index >= 15 is 0 Å². The van der Waals surface area contributed by atoms with E-state index in [4.69, 9.17) is 5.73 Å². The molecule has 2 heterocycles. The van der Waals surface area contributed by atoms with Gasteiger partial charge in [0.1, 0.15) is 5.69 Å². The molecular formula is C13H15N4S+. The molecule has 2 N–H and O–H groups in total. The van der Waals surface area contributed by atoms with Crippen LogP contribution < -0.4 is 10.4 Å². The summed E-state index contributed by atoms with van der Waals surface area (Å²) in [7, 11) is 0. The van der Waals surface area contributed by atoms with Gasteiger partial charge < -0.3 is 5.73 Å². The van der Waals surface area contributed by atoms with Gasteiger partial charge in [0, 0.05) is 6.92 Å². The van der Waals surface area contributed by atoms with Crippen LogP contribution in [0.5, 0.6) is 0 Å². The number of hydrogen-bond acceptors (Lipinski definition) is 3. The molecule has 18 heavy (non-hydrogen) atoms. The number of para-hydroxylation sites is 1. The molecule has 0 aliphatic heterocycles. The zero-order valence-electron chi connectivity index (χ0n) is 10.4. The van der Waals surface area contributed by atoms with E-state index in [1.54, 1.807) is 0 Å². The average molecular weight is 259 g/mol. The Morgan fingerprint density at radius 2 is 2.06 bits per heavy atom. The van der Waals surface area contributed by atoms with Crippen molar-refractivity contribution < 1.29 is 4.68 Å². The van der Waals surface area contributed by atoms with Crippen LogP contribution in [0.15, 0.2) is 30.3 Å². The van der Waals surface area contributed by atoms with Crippen molar-refractivity contribution in [3.8, 4) is 5.69 Å². The van der Waals surface area contributed by atoms with Gasteiger partial charge in [0.2, 0.25) is 5.69 Å². The Morgan fingerprint density at radius 3 is 2.72 bits per heavy atom. The number of anilines is 1. The molecule has 5 heteroatoms. The van der Waals surface area contributed by atoms with E-state index in [0.29, 0.717) is 5.13 Å². The topological polar surface area (TPSA) is 47.7 Å². The molecule has 1 aromatic carbocycles. The van der Waals surface area contributed by atoms with Gasteiger partial charge >= 0.3 is 0 Å². The molecule has 0 fully saturated rings. The fourth-order valence-corrected chi connectivity index (χ4v) is 3.21. The Morgan fingerprint density at radius 1 is 1.33 bits per heavy atom. The van der Waals surface area contributed by atoms with Gasteiger partial charge in [-0.1, -0.05) is 29.5 Å². The molecule has 2 aromatic heterocycles. The van der Waals surface area contributed by atoms with Gasteiger partial charge in [-0.05, 0) is 19.1 Å². The van der Waals surface area contributed by atoms with E-state index in [1.807, 2.05) is 18.2 Å². The van der Waals surface area contributed by atoms with Crippen LogP contribution in [0.2, 0.25) is 0 Å². The van der Waals surface area contributed by atoms with E-state index in [1.165, 1.54) is 11.3 Å². The van der Waals surface area contributed by atoms with Crippen LogP contribution >= 0.6 is 11.3 Å². The fraction of sp³-hybridized carbons (Fsp3) is 0.231. The lowest BCUT2D eigenvalue weighted by atomic mass is 10.3. The van der Waals surface area contributed by atoms with Crippen molar-refractivity contribution in [3.63, 3.8) is 0 Å². The number of nitrogens with two attached hydrogens (primary N) is 1. The minimum Gasteiger partial charge on any atom is -0.375 e. The summed E-state index contributed by atoms with van der Waals surface area (Å²) >= 11 is 1.53. The van der Waals surface area contributed by atoms with Gasteiger partial charge in [-0.25, -0.2) is 4.98 Å². The van der Waals surface area contributed by atoms with Crippen LogP contribution in [0, 0.1) is 6.92 Å². The molecule has 0 saturated carbocycles. The Balaban J connectivity index is 2.39. The van der Waals surface area contributed by atoms with Gasteiger partial charge in [0.25, 0.3) is 0 Å². The molecule has 92 valence electrons. The van der Waals surface area contributed by atoms with Crippen LogP contribution in [0.25, 0.3) is 16.0 Å². The maximum Gasteiger partial charge on any atom is 0.232 e. The fourth-order valence-electron chi connectivity index (χ4n) is 2.29. The van der Waals surface area contributed by atoms with Crippen molar-refractivity contribution in [1.82, 2.24) is 9.67 Å². The summed E-state index contributed by atoms with van der Waals surface area (Å²) in [5.74, 6) is 0. The number of hydrogen-bond donors (Lipinski definition) is 1. The monoisotopic (exact) mass is 259 g/mol. The SMILES string of the molecule is CC[n+]1c(C)c2nc(N)sc2n1-c1ccccc1. The summed E-state index contributed by atoms with van der Waals surface area (Å²) in [5, 5.41) is 0.621. The maximum atomic E-state index is 5.83. The summed E-state index contributed by atoms with van der Waals surface area (Å²) in [6.45, 7) is 5.13. The van der Waals surface area contributed by atoms with Gasteiger partial charge in [0.05, 0.1) is 0 Å². The second-order valence-electron chi connectivity index (χ2n) is 4.15. The predicted octanol–water partition coefficient (Wildman–Crippen LogP) is 2.29. The molecule has 0 aliphatic rings.